The number of hydrogen-bond acceptors (Lipinski definition) is 2. The number of ether oxygens (including phenoxy) is 1. The van der Waals surface area contributed by atoms with Crippen molar-refractivity contribution in [3.05, 3.63) is 48.8 Å². The van der Waals surface area contributed by atoms with Gasteiger partial charge in [0.15, 0.2) is 0 Å². The van der Waals surface area contributed by atoms with Gasteiger partial charge in [0.2, 0.25) is 0 Å². The van der Waals surface area contributed by atoms with Crippen molar-refractivity contribution >= 4 is 18.6 Å². The molecule has 2 rings (SSSR count). The summed E-state index contributed by atoms with van der Waals surface area (Å²) in [5.74, 6) is 0.915. The van der Waals surface area contributed by atoms with Crippen molar-refractivity contribution in [2.24, 2.45) is 0 Å². The van der Waals surface area contributed by atoms with Gasteiger partial charge >= 0.3 is 0 Å². The fourth-order valence-electron chi connectivity index (χ4n) is 2.06. The normalized spacial score (nSPS) is 10.2. The van der Waals surface area contributed by atoms with E-state index >= 15 is 0 Å². The van der Waals surface area contributed by atoms with E-state index in [0.29, 0.717) is 0 Å². The van der Waals surface area contributed by atoms with Crippen LogP contribution in [0.25, 0.3) is 0 Å². The predicted molar refractivity (Wildman–Crippen MR) is 77.5 cm³/mol. The van der Waals surface area contributed by atoms with E-state index in [4.69, 9.17) is 4.74 Å². The van der Waals surface area contributed by atoms with Gasteiger partial charge in [-0.1, -0.05) is 12.1 Å². The van der Waals surface area contributed by atoms with Gasteiger partial charge in [0.05, 0.1) is 7.11 Å². The molecule has 0 bridgehead atoms. The summed E-state index contributed by atoms with van der Waals surface area (Å²) < 4.78 is 7.45. The van der Waals surface area contributed by atoms with E-state index in [1.807, 2.05) is 12.1 Å². The molecule has 1 aromatic carbocycles. The minimum absolute atomic E-state index is 0.323. The smallest absolute Gasteiger partial charge is 0.279 e. The Hall–Kier alpha value is -1.97. The van der Waals surface area contributed by atoms with Gasteiger partial charge in [-0.3, -0.25) is 0 Å². The van der Waals surface area contributed by atoms with Gasteiger partial charge in [-0.2, -0.15) is 0 Å². The Morgan fingerprint density at radius 2 is 1.61 bits per heavy atom. The van der Waals surface area contributed by atoms with Crippen LogP contribution in [-0.2, 0) is 0 Å². The zero-order chi connectivity index (χ0) is 13.0. The van der Waals surface area contributed by atoms with E-state index < -0.39 is 0 Å². The predicted octanol–water partition coefficient (Wildman–Crippen LogP) is 0.306. The number of benzene rings is 1. The van der Waals surface area contributed by atoms with Crippen LogP contribution in [0.2, 0.25) is 0 Å². The number of hydrogen-bond donors (Lipinski definition) is 0. The van der Waals surface area contributed by atoms with Crippen molar-refractivity contribution in [2.45, 2.75) is 0 Å². The molecule has 0 aliphatic rings. The molecule has 0 fully saturated rings. The van der Waals surface area contributed by atoms with Crippen LogP contribution in [0, 0.1) is 0 Å². The van der Waals surface area contributed by atoms with E-state index in [9.17, 15) is 0 Å². The van der Waals surface area contributed by atoms with E-state index in [1.54, 1.807) is 7.11 Å². The van der Waals surface area contributed by atoms with Crippen LogP contribution in [0.5, 0.6) is 5.75 Å². The van der Waals surface area contributed by atoms with Crippen LogP contribution in [0.4, 0.5) is 5.69 Å². The Kier molecular flexibility index (Phi) is 3.87. The van der Waals surface area contributed by atoms with Crippen molar-refractivity contribution in [3.8, 4) is 5.75 Å². The molecule has 0 unspecified atom stereocenters. The summed E-state index contributed by atoms with van der Waals surface area (Å²) in [6, 6.07) is 12.6. The first-order valence-corrected chi connectivity index (χ1v) is 6.26. The Morgan fingerprint density at radius 1 is 1.00 bits per heavy atom. The van der Waals surface area contributed by atoms with Crippen LogP contribution >= 0.6 is 0 Å². The Morgan fingerprint density at radius 3 is 2.11 bits per heavy atom. The van der Waals surface area contributed by atoms with Gasteiger partial charge in [0, 0.05) is 31.9 Å². The van der Waals surface area contributed by atoms with Gasteiger partial charge in [-0.25, -0.2) is 0 Å². The third-order valence-corrected chi connectivity index (χ3v) is 3.25. The molecular formula is C14H19BN2O. The molecule has 1 aromatic heterocycles. The summed E-state index contributed by atoms with van der Waals surface area (Å²) >= 11 is 0. The minimum Gasteiger partial charge on any atom is -0.497 e. The second-order valence-electron chi connectivity index (χ2n) is 4.86. The topological polar surface area (TPSA) is 16.4 Å². The van der Waals surface area contributed by atoms with Gasteiger partial charge in [-0.15, -0.1) is 5.46 Å². The molecule has 0 spiro atoms. The summed E-state index contributed by atoms with van der Waals surface area (Å²) in [5.41, 5.74) is 2.62. The quantitative estimate of drug-likeness (QED) is 0.717. The molecular weight excluding hydrogens is 223 g/mol. The van der Waals surface area contributed by atoms with Gasteiger partial charge in [-0.05, 0) is 12.1 Å². The maximum absolute atomic E-state index is 5.16. The Bertz CT molecular complexity index is 494. The lowest BCUT2D eigenvalue weighted by Gasteiger charge is -2.12. The lowest BCUT2D eigenvalue weighted by molar-refractivity contribution is -0.526. The SMILES string of the molecule is COc1ccc([BH2-][n+]2ccc(N(C)C)cc2)cc1. The average molecular weight is 242 g/mol. The molecule has 0 atom stereocenters. The monoisotopic (exact) mass is 242 g/mol. The van der Waals surface area contributed by atoms with Crippen LogP contribution < -0.4 is 19.6 Å². The summed E-state index contributed by atoms with van der Waals surface area (Å²) in [4.78, 5) is 2.11. The average Bonchev–Trinajstić information content (AvgIpc) is 2.40. The van der Waals surface area contributed by atoms with Crippen LogP contribution in [0.3, 0.4) is 0 Å². The fourth-order valence-corrected chi connectivity index (χ4v) is 2.06. The number of rotatable bonds is 4. The Balaban J connectivity index is 2.08. The molecule has 94 valence electrons. The molecule has 1 heterocycles. The highest BCUT2D eigenvalue weighted by molar-refractivity contribution is 6.44. The molecule has 18 heavy (non-hydrogen) atoms. The summed E-state index contributed by atoms with van der Waals surface area (Å²) in [5, 5.41) is 0. The van der Waals surface area contributed by atoms with Gasteiger partial charge in [0.1, 0.15) is 18.1 Å². The molecule has 2 aromatic rings. The third kappa shape index (κ3) is 3.03. The lowest BCUT2D eigenvalue weighted by atomic mass is 9.82. The second kappa shape index (κ2) is 5.58. The highest BCUT2D eigenvalue weighted by atomic mass is 16.5. The zero-order valence-electron chi connectivity index (χ0n) is 11.4. The maximum atomic E-state index is 5.16. The molecule has 0 amide bonds. The van der Waals surface area contributed by atoms with Gasteiger partial charge < -0.3 is 14.1 Å². The standard InChI is InChI=1S/C14H19BN2O/c1-16(2)13-8-10-17(11-9-13)15-12-4-6-14(18-3)7-5-12/h4-11H,15H2,1-3H3. The first-order chi connectivity index (χ1) is 8.69. The first-order valence-electron chi connectivity index (χ1n) is 6.26. The lowest BCUT2D eigenvalue weighted by Crippen LogP contribution is -2.46. The number of methoxy groups -OCH3 is 1. The largest absolute Gasteiger partial charge is 0.497 e. The fraction of sp³-hybridized carbons (Fsp3) is 0.214. The molecule has 4 heteroatoms. The third-order valence-electron chi connectivity index (χ3n) is 3.25. The molecule has 0 aliphatic heterocycles. The second-order valence-corrected chi connectivity index (χ2v) is 4.86. The molecule has 0 saturated carbocycles. The van der Waals surface area contributed by atoms with Crippen LogP contribution in [-0.4, -0.2) is 28.6 Å². The van der Waals surface area contributed by atoms with Crippen LogP contribution in [0.1, 0.15) is 0 Å². The van der Waals surface area contributed by atoms with E-state index in [2.05, 4.69) is 60.1 Å². The summed E-state index contributed by atoms with van der Waals surface area (Å²) in [6.45, 7) is 0. The molecule has 0 radical (unpaired) electrons. The van der Waals surface area contributed by atoms with E-state index in [1.165, 1.54) is 11.2 Å². The Labute approximate surface area is 109 Å². The van der Waals surface area contributed by atoms with Crippen LogP contribution in [0.15, 0.2) is 48.8 Å². The van der Waals surface area contributed by atoms with Gasteiger partial charge in [0.25, 0.3) is 7.41 Å². The highest BCUT2D eigenvalue weighted by Gasteiger charge is 1.99. The van der Waals surface area contributed by atoms with Crippen molar-refractivity contribution < 1.29 is 9.21 Å². The first kappa shape index (κ1) is 12.5. The number of aromatic nitrogens is 1. The number of pyridine rings is 1. The number of anilines is 1. The number of nitrogens with zero attached hydrogens (tertiary/aromatic N) is 2. The van der Waals surface area contributed by atoms with Crippen molar-refractivity contribution in [1.82, 2.24) is 0 Å². The molecule has 3 nitrogen and oxygen atoms in total. The van der Waals surface area contributed by atoms with Crippen molar-refractivity contribution in [1.29, 1.82) is 0 Å². The van der Waals surface area contributed by atoms with Crippen molar-refractivity contribution in [3.63, 3.8) is 0 Å². The minimum atomic E-state index is -0.323. The molecule has 0 N–H and O–H groups in total. The zero-order valence-corrected chi connectivity index (χ0v) is 11.4. The molecule has 0 saturated heterocycles. The van der Waals surface area contributed by atoms with E-state index in [-0.39, 0.29) is 7.41 Å². The van der Waals surface area contributed by atoms with E-state index in [0.717, 1.165) is 5.75 Å². The van der Waals surface area contributed by atoms with Crippen molar-refractivity contribution in [2.75, 3.05) is 26.1 Å². The molecule has 0 aliphatic carbocycles. The summed E-state index contributed by atoms with van der Waals surface area (Å²) in [7, 11) is 5.48. The highest BCUT2D eigenvalue weighted by Crippen LogP contribution is 2.06. The maximum Gasteiger partial charge on any atom is 0.279 e. The summed E-state index contributed by atoms with van der Waals surface area (Å²) in [6.07, 6.45) is 4.30.